The summed E-state index contributed by atoms with van der Waals surface area (Å²) in [6, 6.07) is 9.77. The van der Waals surface area contributed by atoms with Gasteiger partial charge in [0.2, 0.25) is 11.8 Å². The van der Waals surface area contributed by atoms with Crippen LogP contribution in [-0.4, -0.2) is 110 Å². The molecule has 18 nitrogen and oxygen atoms in total. The Bertz CT molecular complexity index is 2210. The van der Waals surface area contributed by atoms with E-state index in [9.17, 15) is 37.2 Å². The van der Waals surface area contributed by atoms with Crippen LogP contribution in [0.3, 0.4) is 0 Å². The normalized spacial score (nSPS) is 20.4. The van der Waals surface area contributed by atoms with E-state index in [1.807, 2.05) is 4.90 Å². The van der Waals surface area contributed by atoms with Crippen LogP contribution >= 0.6 is 0 Å². The predicted octanol–water partition coefficient (Wildman–Crippen LogP) is 1.74. The van der Waals surface area contributed by atoms with E-state index in [1.54, 1.807) is 30.3 Å². The Balaban J connectivity index is 0.895. The molecule has 3 aromatic rings. The minimum Gasteiger partial charge on any atom is -0.449 e. The fourth-order valence-electron chi connectivity index (χ4n) is 7.44. The van der Waals surface area contributed by atoms with Crippen LogP contribution < -0.4 is 31.5 Å². The fraction of sp³-hybridized carbons (Fsp3) is 0.405. The lowest BCUT2D eigenvalue weighted by molar-refractivity contribution is -0.136. The molecule has 2 aromatic carbocycles. The number of hydrogen-bond acceptors (Lipinski definition) is 14. The zero-order valence-electron chi connectivity index (χ0n) is 30.5. The highest BCUT2D eigenvalue weighted by molar-refractivity contribution is 7.90. The molecule has 4 aliphatic rings. The smallest absolute Gasteiger partial charge is 0.407 e. The maximum Gasteiger partial charge on any atom is 0.407 e. The quantitative estimate of drug-likeness (QED) is 0.214. The number of ether oxygens (including phenoxy) is 1. The summed E-state index contributed by atoms with van der Waals surface area (Å²) in [6.07, 6.45) is 5.09. The third kappa shape index (κ3) is 8.12. The van der Waals surface area contributed by atoms with Gasteiger partial charge in [0, 0.05) is 56.3 Å². The zero-order chi connectivity index (χ0) is 39.7. The van der Waals surface area contributed by atoms with Crippen LogP contribution in [0.4, 0.5) is 27.8 Å². The second-order valence-corrected chi connectivity index (χ2v) is 16.4. The van der Waals surface area contributed by atoms with Crippen LogP contribution in [0.15, 0.2) is 53.6 Å². The topological polar surface area (TPSA) is 243 Å². The number of primary amides is 1. The number of amides is 6. The number of nitrogens with zero attached hydrogens (tertiary/aromatic N) is 5. The lowest BCUT2D eigenvalue weighted by Gasteiger charge is -2.34. The number of aromatic nitrogens is 2. The molecule has 2 atom stereocenters. The summed E-state index contributed by atoms with van der Waals surface area (Å²) in [6.45, 7) is 2.56. The number of carbonyl (C=O) groups excluding carboxylic acids is 6. The maximum atomic E-state index is 13.3. The highest BCUT2D eigenvalue weighted by Crippen LogP contribution is 2.32. The van der Waals surface area contributed by atoms with E-state index in [1.165, 1.54) is 18.3 Å². The standard InChI is InChI=1S/C37H41N9O9S/c1-56(53,54)25-7-4-22(5-8-25)40-33-31(32(38)48)39-18-29(42-33)45-14-2-3-23(19-45)41-37(52)55-20-21-12-15-44(16-13-21)24-6-9-26-27(17-24)36(51)46(35(26)50)28-10-11-30(47)43-34(28)49/h4-9,17-18,21,23,28H,2-3,10-16,19-20H2,1H3,(H2,38,48)(H,40,42)(H,41,52)(H,43,47,49)/t23-,28+/m1/s1. The lowest BCUT2D eigenvalue weighted by atomic mass is 9.97. The number of rotatable bonds is 10. The Morgan fingerprint density at radius 1 is 0.946 bits per heavy atom. The summed E-state index contributed by atoms with van der Waals surface area (Å²) < 4.78 is 29.3. The van der Waals surface area contributed by atoms with Crippen LogP contribution in [0.25, 0.3) is 0 Å². The van der Waals surface area contributed by atoms with Crippen molar-refractivity contribution in [3.8, 4) is 0 Å². The van der Waals surface area contributed by atoms with Crippen LogP contribution in [0.5, 0.6) is 0 Å². The molecular weight excluding hydrogens is 747 g/mol. The molecule has 294 valence electrons. The van der Waals surface area contributed by atoms with Gasteiger partial charge in [-0.2, -0.15) is 0 Å². The molecule has 0 bridgehead atoms. The molecule has 5 heterocycles. The van der Waals surface area contributed by atoms with Crippen molar-refractivity contribution >= 4 is 68.5 Å². The summed E-state index contributed by atoms with van der Waals surface area (Å²) >= 11 is 0. The highest BCUT2D eigenvalue weighted by atomic mass is 32.2. The molecular formula is C37H41N9O9S. The summed E-state index contributed by atoms with van der Waals surface area (Å²) in [4.78, 5) is 89.3. The van der Waals surface area contributed by atoms with Gasteiger partial charge in [0.25, 0.3) is 17.7 Å². The average molecular weight is 788 g/mol. The van der Waals surface area contributed by atoms with Crippen molar-refractivity contribution in [3.05, 3.63) is 65.5 Å². The van der Waals surface area contributed by atoms with Crippen molar-refractivity contribution in [1.82, 2.24) is 25.5 Å². The Morgan fingerprint density at radius 3 is 2.38 bits per heavy atom. The first-order valence-electron chi connectivity index (χ1n) is 18.3. The Labute approximate surface area is 322 Å². The molecule has 5 N–H and O–H groups in total. The second-order valence-electron chi connectivity index (χ2n) is 14.3. The van der Waals surface area contributed by atoms with Crippen LogP contribution in [0.1, 0.15) is 69.7 Å². The van der Waals surface area contributed by atoms with Crippen molar-refractivity contribution in [2.24, 2.45) is 11.7 Å². The number of benzene rings is 2. The van der Waals surface area contributed by atoms with E-state index in [0.717, 1.165) is 42.5 Å². The average Bonchev–Trinajstić information content (AvgIpc) is 3.42. The van der Waals surface area contributed by atoms with Crippen molar-refractivity contribution in [2.45, 2.75) is 55.5 Å². The van der Waals surface area contributed by atoms with Crippen molar-refractivity contribution in [3.63, 3.8) is 0 Å². The second kappa shape index (κ2) is 15.6. The van der Waals surface area contributed by atoms with Crippen LogP contribution in [-0.2, 0) is 24.2 Å². The summed E-state index contributed by atoms with van der Waals surface area (Å²) in [5.41, 5.74) is 7.18. The molecule has 0 radical (unpaired) electrons. The van der Waals surface area contributed by atoms with E-state index in [0.29, 0.717) is 37.7 Å². The van der Waals surface area contributed by atoms with Crippen LogP contribution in [0, 0.1) is 5.92 Å². The van der Waals surface area contributed by atoms with Crippen LogP contribution in [0.2, 0.25) is 0 Å². The SMILES string of the molecule is CS(=O)(=O)c1ccc(Nc2nc(N3CCC[C@@H](NC(=O)OCC4CCN(c5ccc6c(c5)C(=O)N([C@H]5CCC(=O)NC5=O)C6=O)CC4)C3)cnc2C(N)=O)cc1. The number of alkyl carbamates (subject to hydrolysis) is 1. The zero-order valence-corrected chi connectivity index (χ0v) is 31.3. The first-order chi connectivity index (χ1) is 26.7. The Kier molecular flexibility index (Phi) is 10.6. The van der Waals surface area contributed by atoms with E-state index < -0.39 is 51.5 Å². The van der Waals surface area contributed by atoms with Gasteiger partial charge in [0.1, 0.15) is 11.9 Å². The predicted molar refractivity (Wildman–Crippen MR) is 201 cm³/mol. The van der Waals surface area contributed by atoms with Gasteiger partial charge in [0.15, 0.2) is 21.3 Å². The number of carbonyl (C=O) groups is 6. The summed E-state index contributed by atoms with van der Waals surface area (Å²) in [5.74, 6) is -2.28. The van der Waals surface area contributed by atoms with E-state index >= 15 is 0 Å². The molecule has 0 spiro atoms. The molecule has 19 heteroatoms. The molecule has 3 fully saturated rings. The van der Waals surface area contributed by atoms with Crippen molar-refractivity contribution < 1.29 is 41.9 Å². The summed E-state index contributed by atoms with van der Waals surface area (Å²) in [5, 5.41) is 8.16. The van der Waals surface area contributed by atoms with Gasteiger partial charge in [-0.15, -0.1) is 0 Å². The maximum absolute atomic E-state index is 13.3. The third-order valence-electron chi connectivity index (χ3n) is 10.5. The van der Waals surface area contributed by atoms with Gasteiger partial charge < -0.3 is 30.9 Å². The number of nitrogens with two attached hydrogens (primary N) is 1. The number of nitrogens with one attached hydrogen (secondary N) is 3. The van der Waals surface area contributed by atoms with E-state index in [4.69, 9.17) is 10.5 Å². The molecule has 7 rings (SSSR count). The summed E-state index contributed by atoms with van der Waals surface area (Å²) in [7, 11) is -3.39. The van der Waals surface area contributed by atoms with Gasteiger partial charge in [-0.05, 0) is 80.5 Å². The number of hydrogen-bond donors (Lipinski definition) is 4. The van der Waals surface area contributed by atoms with Gasteiger partial charge in [0.05, 0.1) is 28.8 Å². The Morgan fingerprint density at radius 2 is 1.68 bits per heavy atom. The fourth-order valence-corrected chi connectivity index (χ4v) is 8.07. The molecule has 0 unspecified atom stereocenters. The third-order valence-corrected chi connectivity index (χ3v) is 11.6. The minimum atomic E-state index is -3.39. The first kappa shape index (κ1) is 38.2. The lowest BCUT2D eigenvalue weighted by Crippen LogP contribution is -2.54. The van der Waals surface area contributed by atoms with Gasteiger partial charge in [-0.25, -0.2) is 23.2 Å². The van der Waals surface area contributed by atoms with E-state index in [-0.39, 0.29) is 58.9 Å². The van der Waals surface area contributed by atoms with Gasteiger partial charge >= 0.3 is 6.09 Å². The molecule has 0 saturated carbocycles. The largest absolute Gasteiger partial charge is 0.449 e. The number of piperidine rings is 3. The molecule has 3 saturated heterocycles. The minimum absolute atomic E-state index is 0.0516. The van der Waals surface area contributed by atoms with Crippen molar-refractivity contribution in [2.75, 3.05) is 54.2 Å². The molecule has 4 aliphatic heterocycles. The number of imide groups is 2. The molecule has 0 aliphatic carbocycles. The van der Waals surface area contributed by atoms with E-state index in [2.05, 4.69) is 30.8 Å². The van der Waals surface area contributed by atoms with Gasteiger partial charge in [-0.1, -0.05) is 0 Å². The highest BCUT2D eigenvalue weighted by Gasteiger charge is 2.45. The Hall–Kier alpha value is -6.11. The van der Waals surface area contributed by atoms with Gasteiger partial charge in [-0.3, -0.25) is 34.2 Å². The van der Waals surface area contributed by atoms with Crippen molar-refractivity contribution in [1.29, 1.82) is 0 Å². The monoisotopic (exact) mass is 787 g/mol. The molecule has 56 heavy (non-hydrogen) atoms. The number of anilines is 4. The molecule has 1 aromatic heterocycles. The molecule has 6 amide bonds. The number of sulfone groups is 1. The first-order valence-corrected chi connectivity index (χ1v) is 20.2. The number of fused-ring (bicyclic) bond motifs is 1.